The van der Waals surface area contributed by atoms with Crippen molar-refractivity contribution >= 4 is 38.8 Å². The summed E-state index contributed by atoms with van der Waals surface area (Å²) in [6.07, 6.45) is 0. The van der Waals surface area contributed by atoms with Crippen LogP contribution in [-0.2, 0) is 0 Å². The molecule has 0 atom stereocenters. The lowest BCUT2D eigenvalue weighted by Gasteiger charge is -1.95. The molecule has 2 rings (SSSR count). The van der Waals surface area contributed by atoms with Crippen LogP contribution >= 0.6 is 22.9 Å². The summed E-state index contributed by atoms with van der Waals surface area (Å²) in [5, 5.41) is 0.599. The molecular weight excluding hydrogens is 180 g/mol. The van der Waals surface area contributed by atoms with Gasteiger partial charge in [0.15, 0.2) is 0 Å². The summed E-state index contributed by atoms with van der Waals surface area (Å²) < 4.78 is 1.07. The van der Waals surface area contributed by atoms with E-state index in [1.165, 1.54) is 0 Å². The number of halogens is 1. The maximum atomic E-state index is 5.80. The molecule has 2 nitrogen and oxygen atoms in total. The second-order valence-electron chi connectivity index (χ2n) is 2.19. The predicted molar refractivity (Wildman–Crippen MR) is 49.0 cm³/mol. The lowest BCUT2D eigenvalue weighted by atomic mass is 10.3. The Hall–Kier alpha value is -0.800. The number of hydrogen-bond donors (Lipinski definition) is 1. The van der Waals surface area contributed by atoms with E-state index < -0.39 is 0 Å². The normalized spacial score (nSPS) is 10.6. The van der Waals surface area contributed by atoms with Gasteiger partial charge >= 0.3 is 0 Å². The van der Waals surface area contributed by atoms with E-state index in [0.717, 1.165) is 10.2 Å². The first-order valence-corrected chi connectivity index (χ1v) is 4.31. The molecule has 2 N–H and O–H groups in total. The van der Waals surface area contributed by atoms with Gasteiger partial charge in [-0.2, -0.15) is 0 Å². The summed E-state index contributed by atoms with van der Waals surface area (Å²) in [6, 6.07) is 3.62. The molecule has 0 aliphatic heterocycles. The van der Waals surface area contributed by atoms with Crippen LogP contribution in [0.15, 0.2) is 17.6 Å². The van der Waals surface area contributed by atoms with Crippen LogP contribution in [0.4, 0.5) is 5.69 Å². The monoisotopic (exact) mass is 184 g/mol. The zero-order valence-corrected chi connectivity index (χ0v) is 7.12. The highest BCUT2D eigenvalue weighted by Crippen LogP contribution is 2.27. The number of thiazole rings is 1. The van der Waals surface area contributed by atoms with Crippen LogP contribution in [0.1, 0.15) is 0 Å². The van der Waals surface area contributed by atoms with Gasteiger partial charge in [-0.05, 0) is 12.1 Å². The summed E-state index contributed by atoms with van der Waals surface area (Å²) in [6.45, 7) is 0. The lowest BCUT2D eigenvalue weighted by molar-refractivity contribution is 1.50. The number of benzene rings is 1. The number of hydrogen-bond acceptors (Lipinski definition) is 3. The summed E-state index contributed by atoms with van der Waals surface area (Å²) in [5.41, 5.74) is 8.86. The summed E-state index contributed by atoms with van der Waals surface area (Å²) in [5.74, 6) is 0. The highest BCUT2D eigenvalue weighted by molar-refractivity contribution is 7.16. The Kier molecular flexibility index (Phi) is 1.47. The SMILES string of the molecule is Nc1cc2ncsc2cc1Cl. The molecule has 0 bridgehead atoms. The smallest absolute Gasteiger partial charge is 0.0833 e. The lowest BCUT2D eigenvalue weighted by Crippen LogP contribution is -1.84. The Labute approximate surface area is 72.6 Å². The van der Waals surface area contributed by atoms with E-state index in [2.05, 4.69) is 4.98 Å². The molecule has 0 amide bonds. The van der Waals surface area contributed by atoms with Crippen LogP contribution in [-0.4, -0.2) is 4.98 Å². The quantitative estimate of drug-likeness (QED) is 0.639. The van der Waals surface area contributed by atoms with Gasteiger partial charge in [-0.1, -0.05) is 11.6 Å². The number of rotatable bonds is 0. The van der Waals surface area contributed by atoms with Gasteiger partial charge in [-0.25, -0.2) is 4.98 Å². The van der Waals surface area contributed by atoms with E-state index in [1.54, 1.807) is 22.9 Å². The number of nitrogens with zero attached hydrogens (tertiary/aromatic N) is 1. The van der Waals surface area contributed by atoms with Crippen LogP contribution in [0.25, 0.3) is 10.2 Å². The summed E-state index contributed by atoms with van der Waals surface area (Å²) in [4.78, 5) is 4.10. The van der Waals surface area contributed by atoms with E-state index >= 15 is 0 Å². The van der Waals surface area contributed by atoms with Gasteiger partial charge in [-0.15, -0.1) is 11.3 Å². The minimum absolute atomic E-state index is 0.588. The number of fused-ring (bicyclic) bond motifs is 1. The Morgan fingerprint density at radius 3 is 3.09 bits per heavy atom. The van der Waals surface area contributed by atoms with Crippen LogP contribution in [0.3, 0.4) is 0 Å². The highest BCUT2D eigenvalue weighted by Gasteiger charge is 2.00. The molecule has 1 heterocycles. The fourth-order valence-electron chi connectivity index (χ4n) is 0.895. The average molecular weight is 185 g/mol. The number of nitrogen functional groups attached to an aromatic ring is 1. The van der Waals surface area contributed by atoms with Gasteiger partial charge in [0.05, 0.1) is 26.4 Å². The molecule has 0 saturated heterocycles. The van der Waals surface area contributed by atoms with Crippen molar-refractivity contribution in [2.45, 2.75) is 0 Å². The standard InChI is InChI=1S/C7H5ClN2S/c8-4-1-7-6(2-5(4)9)10-3-11-7/h1-3H,9H2. The van der Waals surface area contributed by atoms with Gasteiger partial charge in [0.25, 0.3) is 0 Å². The van der Waals surface area contributed by atoms with Crippen molar-refractivity contribution in [3.63, 3.8) is 0 Å². The summed E-state index contributed by atoms with van der Waals surface area (Å²) >= 11 is 7.36. The molecular formula is C7H5ClN2S. The minimum Gasteiger partial charge on any atom is -0.397 e. The number of nitrogens with two attached hydrogens (primary N) is 1. The molecule has 0 unspecified atom stereocenters. The zero-order valence-electron chi connectivity index (χ0n) is 5.54. The van der Waals surface area contributed by atoms with E-state index in [0.29, 0.717) is 10.7 Å². The third-order valence-corrected chi connectivity index (χ3v) is 2.57. The molecule has 0 spiro atoms. The summed E-state index contributed by atoms with van der Waals surface area (Å²) in [7, 11) is 0. The van der Waals surface area contributed by atoms with E-state index in [4.69, 9.17) is 17.3 Å². The van der Waals surface area contributed by atoms with Crippen LogP contribution in [0.5, 0.6) is 0 Å². The highest BCUT2D eigenvalue weighted by atomic mass is 35.5. The van der Waals surface area contributed by atoms with E-state index in [9.17, 15) is 0 Å². The van der Waals surface area contributed by atoms with Crippen LogP contribution < -0.4 is 5.73 Å². The molecule has 0 aliphatic rings. The molecule has 1 aromatic heterocycles. The van der Waals surface area contributed by atoms with Crippen molar-refractivity contribution in [2.75, 3.05) is 5.73 Å². The Bertz CT molecular complexity index is 360. The van der Waals surface area contributed by atoms with E-state index in [1.807, 2.05) is 6.07 Å². The predicted octanol–water partition coefficient (Wildman–Crippen LogP) is 2.53. The topological polar surface area (TPSA) is 38.9 Å². The Balaban J connectivity index is 2.86. The van der Waals surface area contributed by atoms with Gasteiger partial charge < -0.3 is 5.73 Å². The first-order chi connectivity index (χ1) is 5.27. The first-order valence-electron chi connectivity index (χ1n) is 3.05. The van der Waals surface area contributed by atoms with Crippen LogP contribution in [0.2, 0.25) is 5.02 Å². The van der Waals surface area contributed by atoms with Crippen LogP contribution in [0, 0.1) is 0 Å². The van der Waals surface area contributed by atoms with Crippen molar-refractivity contribution < 1.29 is 0 Å². The molecule has 2 aromatic rings. The molecule has 4 heteroatoms. The zero-order chi connectivity index (χ0) is 7.84. The van der Waals surface area contributed by atoms with Crippen molar-refractivity contribution in [3.8, 4) is 0 Å². The largest absolute Gasteiger partial charge is 0.397 e. The first kappa shape index (κ1) is 6.88. The third kappa shape index (κ3) is 1.06. The molecule has 0 fully saturated rings. The molecule has 1 aromatic carbocycles. The maximum Gasteiger partial charge on any atom is 0.0833 e. The number of aromatic nitrogens is 1. The molecule has 0 radical (unpaired) electrons. The fraction of sp³-hybridized carbons (Fsp3) is 0. The molecule has 0 aliphatic carbocycles. The Morgan fingerprint density at radius 2 is 2.27 bits per heavy atom. The molecule has 0 saturated carbocycles. The second-order valence-corrected chi connectivity index (χ2v) is 3.49. The van der Waals surface area contributed by atoms with Crippen molar-refractivity contribution in [1.82, 2.24) is 4.98 Å². The van der Waals surface area contributed by atoms with Gasteiger partial charge in [0, 0.05) is 0 Å². The van der Waals surface area contributed by atoms with E-state index in [-0.39, 0.29) is 0 Å². The number of anilines is 1. The maximum absolute atomic E-state index is 5.80. The minimum atomic E-state index is 0.588. The van der Waals surface area contributed by atoms with Gasteiger partial charge in [0.2, 0.25) is 0 Å². The van der Waals surface area contributed by atoms with Gasteiger partial charge in [0.1, 0.15) is 0 Å². The Morgan fingerprint density at radius 1 is 1.45 bits per heavy atom. The van der Waals surface area contributed by atoms with Crippen molar-refractivity contribution in [3.05, 3.63) is 22.7 Å². The molecule has 56 valence electrons. The fourth-order valence-corrected chi connectivity index (χ4v) is 1.82. The van der Waals surface area contributed by atoms with Crippen molar-refractivity contribution in [1.29, 1.82) is 0 Å². The second kappa shape index (κ2) is 2.36. The third-order valence-electron chi connectivity index (χ3n) is 1.45. The van der Waals surface area contributed by atoms with Crippen molar-refractivity contribution in [2.24, 2.45) is 0 Å². The molecule has 11 heavy (non-hydrogen) atoms. The van der Waals surface area contributed by atoms with Gasteiger partial charge in [-0.3, -0.25) is 0 Å². The average Bonchev–Trinajstić information content (AvgIpc) is 2.36.